The largest absolute Gasteiger partial charge is 0.472 e. The molecule has 0 radical (unpaired) electrons. The lowest BCUT2D eigenvalue weighted by Gasteiger charge is -2.46. The molecule has 0 aromatic carbocycles. The van der Waals surface area contributed by atoms with Gasteiger partial charge in [-0.05, 0) is 24.6 Å². The molecule has 1 rings (SSSR count). The van der Waals surface area contributed by atoms with Gasteiger partial charge in [0.2, 0.25) is 0 Å². The van der Waals surface area contributed by atoms with E-state index >= 15 is 0 Å². The van der Waals surface area contributed by atoms with Crippen molar-refractivity contribution in [2.24, 2.45) is 0 Å². The third kappa shape index (κ3) is 21.4. The number of aliphatic hydroxyl groups excluding tert-OH is 2. The van der Waals surface area contributed by atoms with Gasteiger partial charge in [-0.3, -0.25) is 32.2 Å². The van der Waals surface area contributed by atoms with Gasteiger partial charge in [0.25, 0.3) is 0 Å². The monoisotopic (exact) mass is 842 g/mol. The summed E-state index contributed by atoms with van der Waals surface area (Å²) in [5.41, 5.74) is 0. The minimum absolute atomic E-state index is 0.0394. The van der Waals surface area contributed by atoms with E-state index < -0.39 is 98.1 Å². The number of unbranched alkanes of at least 4 members (excludes halogenated alkanes) is 8. The molecule has 0 amide bonds. The molecule has 0 bridgehead atoms. The van der Waals surface area contributed by atoms with Crippen molar-refractivity contribution in [1.29, 1.82) is 0 Å². The Bertz CT molecular complexity index is 1220. The van der Waals surface area contributed by atoms with Gasteiger partial charge in [0, 0.05) is 12.8 Å². The number of carbonyl (C=O) groups excluding carboxylic acids is 2. The fourth-order valence-electron chi connectivity index (χ4n) is 4.84. The number of hydrogen-bond donors (Lipinski definition) is 9. The van der Waals surface area contributed by atoms with Crippen LogP contribution in [0.4, 0.5) is 0 Å². The lowest BCUT2D eigenvalue weighted by atomic mass is 9.85. The minimum atomic E-state index is -5.71. The highest BCUT2D eigenvalue weighted by atomic mass is 32.5. The van der Waals surface area contributed by atoms with E-state index in [9.17, 15) is 67.8 Å². The van der Waals surface area contributed by atoms with Gasteiger partial charge in [-0.1, -0.05) is 65.2 Å². The van der Waals surface area contributed by atoms with Crippen LogP contribution in [0, 0.1) is 0 Å². The molecule has 9 N–H and O–H groups in total. The van der Waals surface area contributed by atoms with Gasteiger partial charge in [0.05, 0.1) is 6.61 Å². The highest BCUT2D eigenvalue weighted by Crippen LogP contribution is 2.53. The first-order valence-electron chi connectivity index (χ1n) is 16.1. The topological polar surface area (TPSA) is 332 Å². The number of phosphoric ester groups is 3. The van der Waals surface area contributed by atoms with Crippen molar-refractivity contribution in [2.45, 2.75) is 134 Å². The summed E-state index contributed by atoms with van der Waals surface area (Å²) in [6, 6.07) is 0. The second kappa shape index (κ2) is 22.9. The molecule has 0 spiro atoms. The highest BCUT2D eigenvalue weighted by molar-refractivity contribution is 8.06. The predicted molar refractivity (Wildman–Crippen MR) is 178 cm³/mol. The van der Waals surface area contributed by atoms with Crippen molar-refractivity contribution in [3.8, 4) is 0 Å². The Morgan fingerprint density at radius 1 is 0.608 bits per heavy atom. The van der Waals surface area contributed by atoms with Crippen molar-refractivity contribution in [3.63, 3.8) is 0 Å². The summed E-state index contributed by atoms with van der Waals surface area (Å²) in [5, 5.41) is 21.7. The first kappa shape index (κ1) is 48.7. The molecule has 1 fully saturated rings. The molecule has 26 heteroatoms. The molecule has 8 unspecified atom stereocenters. The number of hydrogen-bond acceptors (Lipinski definition) is 15. The predicted octanol–water partition coefficient (Wildman–Crippen LogP) is 1.95. The SMILES string of the molecule is CCCCCCCC(=O)OCC(COP(=O)(O)OC1C(O)C(OP(=O)(O)O)C(OP(=O)(O)O)C(OP(O)(O)=S)C1O)OC(=O)CCCCCCC. The number of rotatable bonds is 26. The molecule has 0 aromatic heterocycles. The van der Waals surface area contributed by atoms with Crippen molar-refractivity contribution in [2.75, 3.05) is 13.2 Å². The zero-order valence-electron chi connectivity index (χ0n) is 28.1. The van der Waals surface area contributed by atoms with Gasteiger partial charge in [-0.2, -0.15) is 0 Å². The Kier molecular flexibility index (Phi) is 21.9. The summed E-state index contributed by atoms with van der Waals surface area (Å²) in [7, 11) is -17.0. The summed E-state index contributed by atoms with van der Waals surface area (Å²) in [5.74, 6) is -1.40. The van der Waals surface area contributed by atoms with Gasteiger partial charge in [0.15, 0.2) is 6.10 Å². The first-order chi connectivity index (χ1) is 23.5. The van der Waals surface area contributed by atoms with Gasteiger partial charge in [0.1, 0.15) is 43.2 Å². The number of esters is 2. The Morgan fingerprint density at radius 2 is 1.06 bits per heavy atom. The Morgan fingerprint density at radius 3 is 1.53 bits per heavy atom. The Hall–Kier alpha value is -0.280. The van der Waals surface area contributed by atoms with Crippen LogP contribution in [-0.2, 0) is 67.2 Å². The number of phosphoric acid groups is 3. The molecule has 0 aromatic rings. The van der Waals surface area contributed by atoms with E-state index in [-0.39, 0.29) is 12.8 Å². The fraction of sp³-hybridized carbons (Fsp3) is 0.920. The second-order valence-electron chi connectivity index (χ2n) is 11.6. The number of carbonyl (C=O) groups is 2. The molecule has 0 aliphatic heterocycles. The van der Waals surface area contributed by atoms with E-state index in [1.165, 1.54) is 0 Å². The quantitative estimate of drug-likeness (QED) is 0.0341. The molecule has 1 saturated carbocycles. The van der Waals surface area contributed by atoms with Crippen LogP contribution in [-0.4, -0.2) is 112 Å². The van der Waals surface area contributed by atoms with E-state index in [1.807, 2.05) is 13.8 Å². The molecular weight excluding hydrogens is 792 g/mol. The number of aliphatic hydroxyl groups is 2. The van der Waals surface area contributed by atoms with E-state index in [2.05, 4.69) is 25.4 Å². The van der Waals surface area contributed by atoms with E-state index in [0.717, 1.165) is 51.4 Å². The molecule has 302 valence electrons. The first-order valence-corrected chi connectivity index (χ1v) is 23.3. The van der Waals surface area contributed by atoms with Crippen molar-refractivity contribution < 1.29 is 99.8 Å². The molecule has 0 heterocycles. The fourth-order valence-corrected chi connectivity index (χ4v) is 7.79. The summed E-state index contributed by atoms with van der Waals surface area (Å²) in [4.78, 5) is 92.0. The summed E-state index contributed by atoms with van der Waals surface area (Å²) in [6.07, 6.45) is -8.93. The summed E-state index contributed by atoms with van der Waals surface area (Å²) in [6.45, 7) is -2.48. The zero-order valence-corrected chi connectivity index (χ0v) is 32.5. The van der Waals surface area contributed by atoms with E-state index in [1.54, 1.807) is 0 Å². The van der Waals surface area contributed by atoms with Crippen LogP contribution in [0.2, 0.25) is 0 Å². The van der Waals surface area contributed by atoms with Gasteiger partial charge >= 0.3 is 42.1 Å². The molecule has 8 atom stereocenters. The Labute approximate surface area is 300 Å². The van der Waals surface area contributed by atoms with Crippen molar-refractivity contribution >= 4 is 53.9 Å². The average molecular weight is 843 g/mol. The maximum Gasteiger partial charge on any atom is 0.472 e. The van der Waals surface area contributed by atoms with Crippen molar-refractivity contribution in [3.05, 3.63) is 0 Å². The van der Waals surface area contributed by atoms with Crippen molar-refractivity contribution in [1.82, 2.24) is 0 Å². The van der Waals surface area contributed by atoms with E-state index in [0.29, 0.717) is 12.8 Å². The molecular formula is C25H50O21P4S. The maximum atomic E-state index is 13.0. The maximum absolute atomic E-state index is 13.0. The van der Waals surface area contributed by atoms with Gasteiger partial charge in [-0.15, -0.1) is 0 Å². The van der Waals surface area contributed by atoms with Crippen LogP contribution in [0.15, 0.2) is 0 Å². The van der Waals surface area contributed by atoms with Crippen LogP contribution >= 0.6 is 30.2 Å². The van der Waals surface area contributed by atoms with Crippen LogP contribution < -0.4 is 0 Å². The molecule has 0 saturated heterocycles. The van der Waals surface area contributed by atoms with Crippen LogP contribution in [0.1, 0.15) is 90.9 Å². The lowest BCUT2D eigenvalue weighted by Crippen LogP contribution is -2.65. The van der Waals surface area contributed by atoms with Crippen LogP contribution in [0.25, 0.3) is 0 Å². The smallest absolute Gasteiger partial charge is 0.462 e. The minimum Gasteiger partial charge on any atom is -0.462 e. The van der Waals surface area contributed by atoms with Gasteiger partial charge < -0.3 is 53.9 Å². The van der Waals surface area contributed by atoms with Crippen LogP contribution in [0.5, 0.6) is 0 Å². The molecule has 21 nitrogen and oxygen atoms in total. The summed E-state index contributed by atoms with van der Waals surface area (Å²) < 4.78 is 69.9. The summed E-state index contributed by atoms with van der Waals surface area (Å²) >= 11 is 4.31. The third-order valence-electron chi connectivity index (χ3n) is 7.15. The molecule has 1 aliphatic rings. The van der Waals surface area contributed by atoms with Gasteiger partial charge in [-0.25, -0.2) is 13.7 Å². The van der Waals surface area contributed by atoms with E-state index in [4.69, 9.17) is 18.5 Å². The normalized spacial score (nSPS) is 24.8. The average Bonchev–Trinajstić information content (AvgIpc) is 2.99. The standard InChI is InChI=1S/C25H50O21P4S/c1-3-5-7-9-11-13-18(26)40-15-17(42-19(27)14-12-10-8-6-4-2)16-41-49(36,37)45-22-20(28)23(43-47(30,31)32)25(44-48(33,34)35)24(21(22)29)46-50(38,39)51/h17,20-25,28-29H,3-16H2,1-2H3,(H,36,37)(H2,30,31,32)(H2,33,34,35)(H2,38,39,51). The molecule has 51 heavy (non-hydrogen) atoms. The van der Waals surface area contributed by atoms with Crippen LogP contribution in [0.3, 0.4) is 0 Å². The second-order valence-corrected chi connectivity index (χ2v) is 18.0. The zero-order chi connectivity index (χ0) is 39.0. The lowest BCUT2D eigenvalue weighted by molar-refractivity contribution is -0.208. The third-order valence-corrected chi connectivity index (χ3v) is 9.94. The molecule has 1 aliphatic carbocycles. The number of ether oxygens (including phenoxy) is 2. The Balaban J connectivity index is 3.19. The highest BCUT2D eigenvalue weighted by Gasteiger charge is 2.58.